The Labute approximate surface area is 133 Å². The van der Waals surface area contributed by atoms with E-state index in [-0.39, 0.29) is 0 Å². The number of ether oxygens (including phenoxy) is 2. The summed E-state index contributed by atoms with van der Waals surface area (Å²) < 4.78 is 10.3. The minimum Gasteiger partial charge on any atom is -0.497 e. The van der Waals surface area contributed by atoms with Gasteiger partial charge >= 0.3 is 0 Å². The average Bonchev–Trinajstić information content (AvgIpc) is 3.04. The third-order valence-electron chi connectivity index (χ3n) is 3.22. The molecule has 0 saturated carbocycles. The molecular weight excluding hydrogens is 296 g/mol. The number of nitrogens with zero attached hydrogens (tertiary/aromatic N) is 1. The topological polar surface area (TPSA) is 43.4 Å². The maximum absolute atomic E-state index is 5.17. The zero-order valence-electron chi connectivity index (χ0n) is 12.4. The maximum Gasteiger partial charge on any atom is 0.187 e. The van der Waals surface area contributed by atoms with Crippen LogP contribution < -0.4 is 14.8 Å². The molecule has 0 radical (unpaired) electrons. The lowest BCUT2D eigenvalue weighted by Crippen LogP contribution is -1.89. The van der Waals surface area contributed by atoms with E-state index in [1.54, 1.807) is 25.6 Å². The normalized spacial score (nSPS) is 10.3. The van der Waals surface area contributed by atoms with Gasteiger partial charge in [-0.2, -0.15) is 0 Å². The van der Waals surface area contributed by atoms with Crippen LogP contribution in [0.5, 0.6) is 11.5 Å². The molecule has 2 aromatic carbocycles. The van der Waals surface area contributed by atoms with E-state index in [0.717, 1.165) is 32.8 Å². The van der Waals surface area contributed by atoms with Gasteiger partial charge in [0.25, 0.3) is 0 Å². The fraction of sp³-hybridized carbons (Fsp3) is 0.118. The van der Waals surface area contributed by atoms with Gasteiger partial charge in [-0.25, -0.2) is 4.98 Å². The molecule has 0 bridgehead atoms. The van der Waals surface area contributed by atoms with Crippen LogP contribution in [0.15, 0.2) is 54.7 Å². The first-order chi connectivity index (χ1) is 10.8. The van der Waals surface area contributed by atoms with E-state index in [1.807, 2.05) is 54.7 Å². The molecule has 1 aromatic heterocycles. The van der Waals surface area contributed by atoms with Crippen LogP contribution in [0, 0.1) is 0 Å². The minimum absolute atomic E-state index is 0.837. The number of hydrogen-bond acceptors (Lipinski definition) is 5. The van der Waals surface area contributed by atoms with Gasteiger partial charge in [-0.15, -0.1) is 0 Å². The van der Waals surface area contributed by atoms with Crippen LogP contribution in [0.1, 0.15) is 0 Å². The Morgan fingerprint density at radius 1 is 0.864 bits per heavy atom. The molecule has 112 valence electrons. The third-order valence-corrected chi connectivity index (χ3v) is 4.18. The summed E-state index contributed by atoms with van der Waals surface area (Å²) >= 11 is 1.61. The average molecular weight is 312 g/mol. The Morgan fingerprint density at radius 3 is 2.05 bits per heavy atom. The molecule has 1 N–H and O–H groups in total. The first kappa shape index (κ1) is 14.4. The Morgan fingerprint density at radius 2 is 1.45 bits per heavy atom. The van der Waals surface area contributed by atoms with Crippen LogP contribution in [0.3, 0.4) is 0 Å². The second-order valence-corrected chi connectivity index (χ2v) is 5.64. The highest BCUT2D eigenvalue weighted by Gasteiger charge is 2.05. The number of aromatic nitrogens is 1. The summed E-state index contributed by atoms with van der Waals surface area (Å²) in [6.45, 7) is 0. The van der Waals surface area contributed by atoms with Gasteiger partial charge in [0.2, 0.25) is 0 Å². The van der Waals surface area contributed by atoms with Gasteiger partial charge in [-0.1, -0.05) is 11.3 Å². The van der Waals surface area contributed by atoms with E-state index in [1.165, 1.54) is 0 Å². The minimum atomic E-state index is 0.837. The molecule has 0 amide bonds. The monoisotopic (exact) mass is 312 g/mol. The lowest BCUT2D eigenvalue weighted by atomic mass is 10.2. The fourth-order valence-corrected chi connectivity index (χ4v) is 2.86. The number of anilines is 2. The molecular formula is C17H16N2O2S. The molecule has 22 heavy (non-hydrogen) atoms. The summed E-state index contributed by atoms with van der Waals surface area (Å²) in [6, 6.07) is 15.7. The smallest absolute Gasteiger partial charge is 0.187 e. The largest absolute Gasteiger partial charge is 0.497 e. The van der Waals surface area contributed by atoms with Crippen LogP contribution >= 0.6 is 11.3 Å². The van der Waals surface area contributed by atoms with Gasteiger partial charge in [-0.3, -0.25) is 0 Å². The summed E-state index contributed by atoms with van der Waals surface area (Å²) in [4.78, 5) is 5.53. The molecule has 3 aromatic rings. The van der Waals surface area contributed by atoms with Crippen LogP contribution in [0.4, 0.5) is 10.8 Å². The van der Waals surface area contributed by atoms with Crippen molar-refractivity contribution in [2.75, 3.05) is 19.5 Å². The van der Waals surface area contributed by atoms with Crippen molar-refractivity contribution < 1.29 is 9.47 Å². The summed E-state index contributed by atoms with van der Waals surface area (Å²) in [5.41, 5.74) is 2.11. The lowest BCUT2D eigenvalue weighted by molar-refractivity contribution is 0.415. The Kier molecular flexibility index (Phi) is 4.25. The highest BCUT2D eigenvalue weighted by Crippen LogP contribution is 2.31. The van der Waals surface area contributed by atoms with Crippen molar-refractivity contribution in [1.82, 2.24) is 4.98 Å². The van der Waals surface area contributed by atoms with Gasteiger partial charge in [0.05, 0.1) is 19.1 Å². The quantitative estimate of drug-likeness (QED) is 0.749. The van der Waals surface area contributed by atoms with Crippen LogP contribution in [-0.4, -0.2) is 19.2 Å². The summed E-state index contributed by atoms with van der Waals surface area (Å²) in [5.74, 6) is 1.69. The number of thiazole rings is 1. The van der Waals surface area contributed by atoms with Crippen molar-refractivity contribution in [3.63, 3.8) is 0 Å². The molecule has 3 rings (SSSR count). The van der Waals surface area contributed by atoms with Crippen LogP contribution in [0.2, 0.25) is 0 Å². The summed E-state index contributed by atoms with van der Waals surface area (Å²) in [7, 11) is 3.32. The fourth-order valence-electron chi connectivity index (χ4n) is 2.02. The Bertz CT molecular complexity index is 736. The Hall–Kier alpha value is -2.53. The van der Waals surface area contributed by atoms with E-state index in [4.69, 9.17) is 9.47 Å². The number of methoxy groups -OCH3 is 2. The summed E-state index contributed by atoms with van der Waals surface area (Å²) in [6.07, 6.45) is 1.87. The third kappa shape index (κ3) is 3.20. The number of benzene rings is 2. The molecule has 0 aliphatic rings. The molecule has 0 fully saturated rings. The highest BCUT2D eigenvalue weighted by atomic mass is 32.1. The van der Waals surface area contributed by atoms with Crippen molar-refractivity contribution in [1.29, 1.82) is 0 Å². The van der Waals surface area contributed by atoms with Crippen molar-refractivity contribution in [3.8, 4) is 21.9 Å². The summed E-state index contributed by atoms with van der Waals surface area (Å²) in [5, 5.41) is 4.15. The molecule has 0 atom stereocenters. The molecule has 5 heteroatoms. The molecule has 1 heterocycles. The number of rotatable bonds is 5. The first-order valence-electron chi connectivity index (χ1n) is 6.80. The van der Waals surface area contributed by atoms with Gasteiger partial charge in [0.15, 0.2) is 5.13 Å². The van der Waals surface area contributed by atoms with Crippen molar-refractivity contribution in [2.24, 2.45) is 0 Å². The van der Waals surface area contributed by atoms with Crippen LogP contribution in [-0.2, 0) is 0 Å². The SMILES string of the molecule is COc1ccc(Nc2ncc(-c3ccc(OC)cc3)s2)cc1. The molecule has 0 saturated heterocycles. The van der Waals surface area contributed by atoms with E-state index in [9.17, 15) is 0 Å². The predicted molar refractivity (Wildman–Crippen MR) is 90.4 cm³/mol. The van der Waals surface area contributed by atoms with E-state index in [0.29, 0.717) is 0 Å². The van der Waals surface area contributed by atoms with Crippen molar-refractivity contribution in [2.45, 2.75) is 0 Å². The van der Waals surface area contributed by atoms with Crippen molar-refractivity contribution in [3.05, 3.63) is 54.7 Å². The van der Waals surface area contributed by atoms with E-state index < -0.39 is 0 Å². The standard InChI is InChI=1S/C17H16N2O2S/c1-20-14-7-3-12(4-8-14)16-11-18-17(22-16)19-13-5-9-15(21-2)10-6-13/h3-11H,1-2H3,(H,18,19). The molecule has 0 spiro atoms. The molecule has 4 nitrogen and oxygen atoms in total. The molecule has 0 aliphatic heterocycles. The van der Waals surface area contributed by atoms with E-state index >= 15 is 0 Å². The second kappa shape index (κ2) is 6.49. The van der Waals surface area contributed by atoms with Gasteiger partial charge in [0.1, 0.15) is 11.5 Å². The van der Waals surface area contributed by atoms with Gasteiger partial charge < -0.3 is 14.8 Å². The van der Waals surface area contributed by atoms with Gasteiger partial charge in [-0.05, 0) is 54.1 Å². The van der Waals surface area contributed by atoms with Gasteiger partial charge in [0, 0.05) is 11.9 Å². The highest BCUT2D eigenvalue weighted by molar-refractivity contribution is 7.18. The first-order valence-corrected chi connectivity index (χ1v) is 7.61. The number of hydrogen-bond donors (Lipinski definition) is 1. The zero-order valence-corrected chi connectivity index (χ0v) is 13.2. The predicted octanol–water partition coefficient (Wildman–Crippen LogP) is 4.57. The Balaban J connectivity index is 1.74. The molecule has 0 unspecified atom stereocenters. The van der Waals surface area contributed by atoms with Crippen molar-refractivity contribution >= 4 is 22.2 Å². The number of nitrogens with one attached hydrogen (secondary N) is 1. The maximum atomic E-state index is 5.17. The van der Waals surface area contributed by atoms with Crippen LogP contribution in [0.25, 0.3) is 10.4 Å². The second-order valence-electron chi connectivity index (χ2n) is 4.61. The zero-order chi connectivity index (χ0) is 15.4. The molecule has 0 aliphatic carbocycles. The lowest BCUT2D eigenvalue weighted by Gasteiger charge is -2.04. The van der Waals surface area contributed by atoms with E-state index in [2.05, 4.69) is 10.3 Å².